The lowest BCUT2D eigenvalue weighted by Gasteiger charge is -2.72. The van der Waals surface area contributed by atoms with Crippen LogP contribution in [-0.4, -0.2) is 60.3 Å². The zero-order valence-electron chi connectivity index (χ0n) is 30.8. The normalized spacial score (nSPS) is 39.8. The molecule has 0 heterocycles. The molecule has 5 aliphatic carbocycles. The highest BCUT2D eigenvalue weighted by Gasteiger charge is 2.71. The number of rotatable bonds is 9. The molecule has 6 rings (SSSR count). The second-order valence-corrected chi connectivity index (χ2v) is 18.1. The van der Waals surface area contributed by atoms with Crippen molar-refractivity contribution in [2.75, 3.05) is 33.3 Å². The molecule has 4 saturated carbocycles. The molecule has 0 spiro atoms. The zero-order valence-corrected chi connectivity index (χ0v) is 30.8. The smallest absolute Gasteiger partial charge is 0.335 e. The molecule has 4 fully saturated rings. The third-order valence-corrected chi connectivity index (χ3v) is 15.8. The summed E-state index contributed by atoms with van der Waals surface area (Å²) < 4.78 is 0. The number of hydrogen-bond donors (Lipinski definition) is 3. The van der Waals surface area contributed by atoms with Crippen LogP contribution in [0.25, 0.3) is 5.57 Å². The Hall–Kier alpha value is -2.44. The SMILES string of the molecule is C=C(C)C1CCC2(C(=O)NCCN(C)CCO)CCC3(C)C(CCC4C5(C)CC=C(c6ccc(C(=O)O)cc6)C(C)(C)C5CCC43C)C12. The molecule has 0 aliphatic heterocycles. The van der Waals surface area contributed by atoms with Gasteiger partial charge in [0.2, 0.25) is 5.91 Å². The van der Waals surface area contributed by atoms with Gasteiger partial charge in [-0.25, -0.2) is 4.79 Å². The van der Waals surface area contributed by atoms with Gasteiger partial charge in [-0.3, -0.25) is 4.79 Å². The van der Waals surface area contributed by atoms with Crippen molar-refractivity contribution in [3.8, 4) is 0 Å². The van der Waals surface area contributed by atoms with E-state index in [1.54, 1.807) is 12.1 Å². The number of allylic oxidation sites excluding steroid dienone is 3. The van der Waals surface area contributed by atoms with Gasteiger partial charge in [0, 0.05) is 19.6 Å². The molecule has 0 bridgehead atoms. The monoisotopic (exact) mass is 658 g/mol. The minimum Gasteiger partial charge on any atom is -0.478 e. The van der Waals surface area contributed by atoms with Crippen molar-refractivity contribution in [2.45, 2.75) is 99.3 Å². The molecular weight excluding hydrogens is 596 g/mol. The molecule has 1 amide bonds. The molecule has 264 valence electrons. The second-order valence-electron chi connectivity index (χ2n) is 18.1. The molecule has 9 unspecified atom stereocenters. The lowest BCUT2D eigenvalue weighted by atomic mass is 9.32. The van der Waals surface area contributed by atoms with Crippen LogP contribution in [-0.2, 0) is 4.79 Å². The van der Waals surface area contributed by atoms with Crippen molar-refractivity contribution in [3.63, 3.8) is 0 Å². The first-order chi connectivity index (χ1) is 22.6. The summed E-state index contributed by atoms with van der Waals surface area (Å²) in [5, 5.41) is 22.2. The summed E-state index contributed by atoms with van der Waals surface area (Å²) in [5.41, 5.74) is 4.35. The van der Waals surface area contributed by atoms with Crippen LogP contribution >= 0.6 is 0 Å². The number of amides is 1. The molecule has 48 heavy (non-hydrogen) atoms. The number of nitrogens with one attached hydrogen (secondary N) is 1. The minimum absolute atomic E-state index is 0.0155. The molecule has 5 aliphatic rings. The fraction of sp³-hybridized carbons (Fsp3) is 0.714. The number of fused-ring (bicyclic) bond motifs is 7. The van der Waals surface area contributed by atoms with Crippen LogP contribution in [0, 0.1) is 56.7 Å². The van der Waals surface area contributed by atoms with Crippen molar-refractivity contribution >= 4 is 17.4 Å². The Morgan fingerprint density at radius 2 is 1.62 bits per heavy atom. The maximum Gasteiger partial charge on any atom is 0.335 e. The highest BCUT2D eigenvalue weighted by atomic mass is 16.4. The number of carbonyl (C=O) groups is 2. The standard InChI is InChI=1S/C42H62N2O4/c1-27(2)30-15-20-42(37(48)43-23-24-44(8)25-26-45)22-21-40(6)32(35(30)42)13-14-34-39(5)18-16-31(28-9-11-29(12-10-28)36(46)47)38(3,4)33(39)17-19-41(34,40)7/h9-12,16,30,32-35,45H,1,13-15,17-26H2,2-8H3,(H,43,48)(H,46,47). The van der Waals surface area contributed by atoms with Gasteiger partial charge in [-0.1, -0.05) is 65.0 Å². The first-order valence-corrected chi connectivity index (χ1v) is 18.8. The van der Waals surface area contributed by atoms with Crippen molar-refractivity contribution in [1.29, 1.82) is 0 Å². The van der Waals surface area contributed by atoms with E-state index in [0.717, 1.165) is 44.2 Å². The highest BCUT2D eigenvalue weighted by Crippen LogP contribution is 2.77. The van der Waals surface area contributed by atoms with Gasteiger partial charge in [-0.2, -0.15) is 0 Å². The number of carboxylic acid groups (broad SMARTS) is 1. The Kier molecular flexibility index (Phi) is 9.15. The highest BCUT2D eigenvalue weighted by molar-refractivity contribution is 5.88. The van der Waals surface area contributed by atoms with Crippen LogP contribution in [0.1, 0.15) is 115 Å². The maximum absolute atomic E-state index is 14.3. The topological polar surface area (TPSA) is 89.9 Å². The predicted octanol–water partition coefficient (Wildman–Crippen LogP) is 8.08. The molecule has 6 heteroatoms. The van der Waals surface area contributed by atoms with Crippen molar-refractivity contribution in [1.82, 2.24) is 10.2 Å². The first-order valence-electron chi connectivity index (χ1n) is 18.8. The van der Waals surface area contributed by atoms with Crippen LogP contribution in [0.15, 0.2) is 42.5 Å². The van der Waals surface area contributed by atoms with E-state index in [0.29, 0.717) is 48.2 Å². The molecule has 0 saturated heterocycles. The number of carboxylic acids is 1. The second kappa shape index (κ2) is 12.4. The van der Waals surface area contributed by atoms with E-state index < -0.39 is 5.97 Å². The van der Waals surface area contributed by atoms with E-state index in [1.165, 1.54) is 36.8 Å². The van der Waals surface area contributed by atoms with Gasteiger partial charge in [0.25, 0.3) is 0 Å². The quantitative estimate of drug-likeness (QED) is 0.234. The number of aliphatic hydroxyl groups excluding tert-OH is 1. The third-order valence-electron chi connectivity index (χ3n) is 15.8. The molecule has 1 aromatic carbocycles. The first kappa shape index (κ1) is 35.4. The van der Waals surface area contributed by atoms with Crippen LogP contribution in [0.3, 0.4) is 0 Å². The lowest BCUT2D eigenvalue weighted by Crippen LogP contribution is -2.66. The van der Waals surface area contributed by atoms with Gasteiger partial charge in [0.05, 0.1) is 17.6 Å². The van der Waals surface area contributed by atoms with Gasteiger partial charge in [0.1, 0.15) is 0 Å². The Bertz CT molecular complexity index is 1460. The van der Waals surface area contributed by atoms with Crippen molar-refractivity contribution in [2.24, 2.45) is 56.7 Å². The lowest BCUT2D eigenvalue weighted by molar-refractivity contribution is -0.225. The average Bonchev–Trinajstić information content (AvgIpc) is 3.43. The summed E-state index contributed by atoms with van der Waals surface area (Å²) in [7, 11) is 2.00. The summed E-state index contributed by atoms with van der Waals surface area (Å²) >= 11 is 0. The fourth-order valence-corrected chi connectivity index (χ4v) is 13.2. The summed E-state index contributed by atoms with van der Waals surface area (Å²) in [6.45, 7) is 21.6. The molecule has 9 atom stereocenters. The molecule has 0 radical (unpaired) electrons. The van der Waals surface area contributed by atoms with Crippen molar-refractivity contribution in [3.05, 3.63) is 53.6 Å². The molecule has 0 aromatic heterocycles. The largest absolute Gasteiger partial charge is 0.478 e. The number of likely N-dealkylation sites (N-methyl/N-ethyl adjacent to an activating group) is 1. The average molecular weight is 659 g/mol. The van der Waals surface area contributed by atoms with E-state index in [2.05, 4.69) is 64.4 Å². The van der Waals surface area contributed by atoms with Crippen molar-refractivity contribution < 1.29 is 19.8 Å². The number of hydrogen-bond acceptors (Lipinski definition) is 4. The molecule has 1 aromatic rings. The van der Waals surface area contributed by atoms with E-state index in [9.17, 15) is 19.8 Å². The van der Waals surface area contributed by atoms with Gasteiger partial charge in [-0.05, 0) is 146 Å². The van der Waals surface area contributed by atoms with Gasteiger partial charge < -0.3 is 20.4 Å². The van der Waals surface area contributed by atoms with E-state index in [1.807, 2.05) is 19.2 Å². The van der Waals surface area contributed by atoms with Crippen LogP contribution in [0.5, 0.6) is 0 Å². The van der Waals surface area contributed by atoms with E-state index >= 15 is 0 Å². The number of carbonyl (C=O) groups excluding carboxylic acids is 1. The fourth-order valence-electron chi connectivity index (χ4n) is 13.2. The van der Waals surface area contributed by atoms with Gasteiger partial charge in [0.15, 0.2) is 0 Å². The van der Waals surface area contributed by atoms with Crippen LogP contribution in [0.4, 0.5) is 0 Å². The van der Waals surface area contributed by atoms with Gasteiger partial charge >= 0.3 is 5.97 Å². The Balaban J connectivity index is 1.30. The van der Waals surface area contributed by atoms with Gasteiger partial charge in [-0.15, -0.1) is 0 Å². The Labute approximate surface area is 289 Å². The summed E-state index contributed by atoms with van der Waals surface area (Å²) in [4.78, 5) is 27.9. The summed E-state index contributed by atoms with van der Waals surface area (Å²) in [5.74, 6) is 1.80. The number of aromatic carboxylic acids is 1. The number of nitrogens with zero attached hydrogens (tertiary/aromatic N) is 1. The predicted molar refractivity (Wildman–Crippen MR) is 193 cm³/mol. The van der Waals surface area contributed by atoms with E-state index in [-0.39, 0.29) is 39.6 Å². The minimum atomic E-state index is -0.878. The molecule has 3 N–H and O–H groups in total. The molecular formula is C42H62N2O4. The van der Waals surface area contributed by atoms with Crippen LogP contribution in [0.2, 0.25) is 0 Å². The summed E-state index contributed by atoms with van der Waals surface area (Å²) in [6.07, 6.45) is 12.5. The molecule has 6 nitrogen and oxygen atoms in total. The zero-order chi connectivity index (χ0) is 34.9. The Morgan fingerprint density at radius 3 is 2.27 bits per heavy atom. The number of benzene rings is 1. The van der Waals surface area contributed by atoms with E-state index in [4.69, 9.17) is 0 Å². The van der Waals surface area contributed by atoms with Crippen LogP contribution < -0.4 is 5.32 Å². The number of aliphatic hydroxyl groups is 1. The third kappa shape index (κ3) is 5.17. The maximum atomic E-state index is 14.3. The summed E-state index contributed by atoms with van der Waals surface area (Å²) in [6, 6.07) is 7.53. The Morgan fingerprint density at radius 1 is 0.917 bits per heavy atom.